The second kappa shape index (κ2) is 9.29. The fraction of sp³-hybridized carbons (Fsp3) is 0.0435. The molecular weight excluding hydrogens is 449 g/mol. The number of carbonyl (C=O) groups excluding carboxylic acids is 1. The van der Waals surface area contributed by atoms with E-state index in [2.05, 4.69) is 15.0 Å². The summed E-state index contributed by atoms with van der Waals surface area (Å²) in [6.45, 7) is 0. The molecule has 162 valence electrons. The van der Waals surface area contributed by atoms with Crippen molar-refractivity contribution >= 4 is 38.1 Å². The summed E-state index contributed by atoms with van der Waals surface area (Å²) in [7, 11) is -3.76. The molecule has 0 fully saturated rings. The Labute approximate surface area is 188 Å². The minimum atomic E-state index is -3.76. The van der Waals surface area contributed by atoms with Gasteiger partial charge in [-0.3, -0.25) is 14.8 Å². The molecule has 0 radical (unpaired) electrons. The number of carbonyl (C=O) groups is 1. The van der Waals surface area contributed by atoms with Crippen molar-refractivity contribution in [3.8, 4) is 0 Å². The summed E-state index contributed by atoms with van der Waals surface area (Å²) in [4.78, 5) is 17.9. The molecule has 32 heavy (non-hydrogen) atoms. The molecule has 0 aliphatic carbocycles. The summed E-state index contributed by atoms with van der Waals surface area (Å²) < 4.78 is 40.5. The van der Waals surface area contributed by atoms with Gasteiger partial charge in [0.15, 0.2) is 5.13 Å². The van der Waals surface area contributed by atoms with Crippen LogP contribution in [-0.2, 0) is 16.4 Å². The molecule has 3 aromatic carbocycles. The van der Waals surface area contributed by atoms with E-state index in [4.69, 9.17) is 0 Å². The lowest BCUT2D eigenvalue weighted by Gasteiger charge is -2.09. The summed E-state index contributed by atoms with van der Waals surface area (Å²) >= 11 is 1.32. The van der Waals surface area contributed by atoms with E-state index in [1.807, 2.05) is 0 Å². The van der Waals surface area contributed by atoms with E-state index in [1.165, 1.54) is 41.7 Å². The fourth-order valence-corrected chi connectivity index (χ4v) is 4.87. The molecule has 0 spiro atoms. The highest BCUT2D eigenvalue weighted by molar-refractivity contribution is 7.92. The molecule has 6 nitrogen and oxygen atoms in total. The maximum absolute atomic E-state index is 13.0. The number of nitrogens with one attached hydrogen (secondary N) is 2. The molecule has 9 heteroatoms. The van der Waals surface area contributed by atoms with Crippen molar-refractivity contribution < 1.29 is 17.6 Å². The lowest BCUT2D eigenvalue weighted by Crippen LogP contribution is -2.15. The van der Waals surface area contributed by atoms with E-state index in [0.29, 0.717) is 11.6 Å². The first-order chi connectivity index (χ1) is 15.4. The molecule has 1 heterocycles. The largest absolute Gasteiger partial charge is 0.298 e. The zero-order valence-electron chi connectivity index (χ0n) is 16.7. The smallest absolute Gasteiger partial charge is 0.261 e. The zero-order valence-corrected chi connectivity index (χ0v) is 18.3. The van der Waals surface area contributed by atoms with Crippen molar-refractivity contribution in [2.45, 2.75) is 11.3 Å². The first-order valence-electron chi connectivity index (χ1n) is 9.57. The topological polar surface area (TPSA) is 88.2 Å². The van der Waals surface area contributed by atoms with Crippen LogP contribution in [0.2, 0.25) is 0 Å². The first-order valence-corrected chi connectivity index (χ1v) is 11.9. The number of benzene rings is 3. The van der Waals surface area contributed by atoms with Gasteiger partial charge in [0, 0.05) is 28.7 Å². The third-order valence-electron chi connectivity index (χ3n) is 4.50. The number of nitrogens with zero attached hydrogens (tertiary/aromatic N) is 1. The van der Waals surface area contributed by atoms with Crippen molar-refractivity contribution in [2.75, 3.05) is 10.0 Å². The number of hydrogen-bond donors (Lipinski definition) is 2. The molecule has 0 aliphatic heterocycles. The van der Waals surface area contributed by atoms with Crippen LogP contribution in [0.25, 0.3) is 0 Å². The average molecular weight is 468 g/mol. The molecule has 0 unspecified atom stereocenters. The third kappa shape index (κ3) is 5.37. The van der Waals surface area contributed by atoms with Crippen LogP contribution in [0.5, 0.6) is 0 Å². The zero-order chi connectivity index (χ0) is 22.6. The number of hydrogen-bond acceptors (Lipinski definition) is 5. The molecule has 4 rings (SSSR count). The van der Waals surface area contributed by atoms with E-state index in [9.17, 15) is 17.6 Å². The van der Waals surface area contributed by atoms with Gasteiger partial charge in [0.25, 0.3) is 15.9 Å². The van der Waals surface area contributed by atoms with Crippen LogP contribution in [0.15, 0.2) is 90.0 Å². The quantitative estimate of drug-likeness (QED) is 0.404. The minimum Gasteiger partial charge on any atom is -0.298 e. The van der Waals surface area contributed by atoms with Gasteiger partial charge >= 0.3 is 0 Å². The normalized spacial score (nSPS) is 11.2. The van der Waals surface area contributed by atoms with Crippen LogP contribution in [0, 0.1) is 5.82 Å². The van der Waals surface area contributed by atoms with Gasteiger partial charge in [-0.25, -0.2) is 17.8 Å². The van der Waals surface area contributed by atoms with E-state index in [-0.39, 0.29) is 22.0 Å². The molecule has 0 saturated carbocycles. The van der Waals surface area contributed by atoms with Gasteiger partial charge in [0.2, 0.25) is 0 Å². The standard InChI is InChI=1S/C23H18FN3O3S2/c24-18-11-9-16(10-12-18)13-20-15-25-23(31-20)26-22(28)17-5-4-6-19(14-17)27-32(29,30)21-7-2-1-3-8-21/h1-12,14-15,27H,13H2,(H,25,26,28). The summed E-state index contributed by atoms with van der Waals surface area (Å²) in [6.07, 6.45) is 2.23. The van der Waals surface area contributed by atoms with Crippen LogP contribution in [0.4, 0.5) is 15.2 Å². The minimum absolute atomic E-state index is 0.131. The molecule has 0 bridgehead atoms. The number of anilines is 2. The third-order valence-corrected chi connectivity index (χ3v) is 6.81. The summed E-state index contributed by atoms with van der Waals surface area (Å²) in [6, 6.07) is 20.4. The molecular formula is C23H18FN3O3S2. The van der Waals surface area contributed by atoms with Crippen molar-refractivity contribution in [1.29, 1.82) is 0 Å². The Kier molecular flexibility index (Phi) is 6.29. The van der Waals surface area contributed by atoms with Gasteiger partial charge in [-0.1, -0.05) is 36.4 Å². The van der Waals surface area contributed by atoms with E-state index in [0.717, 1.165) is 10.4 Å². The van der Waals surface area contributed by atoms with Crippen LogP contribution >= 0.6 is 11.3 Å². The molecule has 4 aromatic rings. The fourth-order valence-electron chi connectivity index (χ4n) is 2.96. The Hall–Kier alpha value is -3.56. The predicted octanol–water partition coefficient (Wildman–Crippen LogP) is 4.93. The van der Waals surface area contributed by atoms with E-state index < -0.39 is 15.9 Å². The van der Waals surface area contributed by atoms with Crippen LogP contribution in [0.1, 0.15) is 20.8 Å². The van der Waals surface area contributed by atoms with E-state index >= 15 is 0 Å². The SMILES string of the molecule is O=C(Nc1ncc(Cc2ccc(F)cc2)s1)c1cccc(NS(=O)(=O)c2ccccc2)c1. The van der Waals surface area contributed by atoms with Crippen LogP contribution in [-0.4, -0.2) is 19.3 Å². The summed E-state index contributed by atoms with van der Waals surface area (Å²) in [5.41, 5.74) is 1.50. The number of sulfonamides is 1. The maximum atomic E-state index is 13.0. The molecule has 0 aliphatic rings. The van der Waals surface area contributed by atoms with Crippen LogP contribution < -0.4 is 10.0 Å². The molecule has 0 saturated heterocycles. The Bertz CT molecular complexity index is 1340. The van der Waals surface area contributed by atoms with Crippen LogP contribution in [0.3, 0.4) is 0 Å². The van der Waals surface area contributed by atoms with Crippen molar-refractivity contribution in [1.82, 2.24) is 4.98 Å². The van der Waals surface area contributed by atoms with E-state index in [1.54, 1.807) is 54.7 Å². The lowest BCUT2D eigenvalue weighted by molar-refractivity contribution is 0.102. The van der Waals surface area contributed by atoms with Gasteiger partial charge in [0.05, 0.1) is 4.90 Å². The molecule has 1 aromatic heterocycles. The number of rotatable bonds is 7. The Morgan fingerprint density at radius 2 is 1.72 bits per heavy atom. The molecule has 0 atom stereocenters. The number of amides is 1. The van der Waals surface area contributed by atoms with Crippen molar-refractivity contribution in [3.63, 3.8) is 0 Å². The average Bonchev–Trinajstić information content (AvgIpc) is 3.22. The monoisotopic (exact) mass is 467 g/mol. The maximum Gasteiger partial charge on any atom is 0.261 e. The highest BCUT2D eigenvalue weighted by atomic mass is 32.2. The number of halogens is 1. The number of thiazole rings is 1. The van der Waals surface area contributed by atoms with Gasteiger partial charge in [-0.15, -0.1) is 11.3 Å². The van der Waals surface area contributed by atoms with Gasteiger partial charge in [-0.2, -0.15) is 0 Å². The second-order valence-electron chi connectivity index (χ2n) is 6.89. The highest BCUT2D eigenvalue weighted by Crippen LogP contribution is 2.23. The second-order valence-corrected chi connectivity index (χ2v) is 9.69. The predicted molar refractivity (Wildman–Crippen MR) is 123 cm³/mol. The Balaban J connectivity index is 1.43. The van der Waals surface area contributed by atoms with Crippen molar-refractivity contribution in [3.05, 3.63) is 107 Å². The summed E-state index contributed by atoms with van der Waals surface area (Å²) in [5.74, 6) is -0.701. The van der Waals surface area contributed by atoms with Crippen molar-refractivity contribution in [2.24, 2.45) is 0 Å². The van der Waals surface area contributed by atoms with Gasteiger partial charge < -0.3 is 0 Å². The Morgan fingerprint density at radius 1 is 0.969 bits per heavy atom. The summed E-state index contributed by atoms with van der Waals surface area (Å²) in [5, 5.41) is 3.15. The molecule has 1 amide bonds. The molecule has 2 N–H and O–H groups in total. The number of aromatic nitrogens is 1. The Morgan fingerprint density at radius 3 is 2.47 bits per heavy atom. The first kappa shape index (κ1) is 21.7. The lowest BCUT2D eigenvalue weighted by atomic mass is 10.1. The van der Waals surface area contributed by atoms with Gasteiger partial charge in [-0.05, 0) is 48.0 Å². The highest BCUT2D eigenvalue weighted by Gasteiger charge is 2.15. The van der Waals surface area contributed by atoms with Gasteiger partial charge in [0.1, 0.15) is 5.82 Å².